The molecule has 0 saturated heterocycles. The Morgan fingerprint density at radius 1 is 1.00 bits per heavy atom. The average Bonchev–Trinajstić information content (AvgIpc) is 2.67. The number of nitrogens with zero attached hydrogens (tertiary/aromatic N) is 1. The number of carbonyl (C=O) groups is 2. The molecular weight excluding hydrogens is 330 g/mol. The molecule has 0 heterocycles. The van der Waals surface area contributed by atoms with Gasteiger partial charge in [0.1, 0.15) is 5.75 Å². The Bertz CT molecular complexity index is 757. The van der Waals surface area contributed by atoms with Crippen LogP contribution in [0.4, 0.5) is 11.4 Å². The Hall–Kier alpha value is -3.02. The van der Waals surface area contributed by atoms with E-state index in [2.05, 4.69) is 10.6 Å². The summed E-state index contributed by atoms with van der Waals surface area (Å²) in [5.41, 5.74) is 2.00. The van der Waals surface area contributed by atoms with E-state index in [1.165, 1.54) is 0 Å². The molecule has 26 heavy (non-hydrogen) atoms. The van der Waals surface area contributed by atoms with Crippen molar-refractivity contribution < 1.29 is 14.3 Å². The van der Waals surface area contributed by atoms with Crippen molar-refractivity contribution in [3.63, 3.8) is 0 Å². The first-order chi connectivity index (χ1) is 12.6. The zero-order valence-electron chi connectivity index (χ0n) is 15.4. The minimum atomic E-state index is -0.182. The number of benzene rings is 2. The molecule has 2 N–H and O–H groups in total. The Kier molecular flexibility index (Phi) is 7.02. The van der Waals surface area contributed by atoms with E-state index in [1.807, 2.05) is 32.0 Å². The fourth-order valence-electron chi connectivity index (χ4n) is 2.54. The third-order valence-electron chi connectivity index (χ3n) is 3.97. The number of nitrogens with one attached hydrogen (secondary N) is 2. The standard InChI is InChI=1S/C20H25N3O3/c1-4-23(5-2)20(25)15-8-6-9-16(12-15)21-14-19(24)22-17-10-7-11-18(13-17)26-3/h6-13,21H,4-5,14H2,1-3H3,(H,22,24). The first-order valence-corrected chi connectivity index (χ1v) is 8.64. The number of methoxy groups -OCH3 is 1. The highest BCUT2D eigenvalue weighted by Gasteiger charge is 2.12. The van der Waals surface area contributed by atoms with Gasteiger partial charge in [0, 0.05) is 36.1 Å². The summed E-state index contributed by atoms with van der Waals surface area (Å²) in [4.78, 5) is 26.3. The molecule has 0 aliphatic carbocycles. The summed E-state index contributed by atoms with van der Waals surface area (Å²) in [6, 6.07) is 14.3. The SMILES string of the molecule is CCN(CC)C(=O)c1cccc(NCC(=O)Nc2cccc(OC)c2)c1. The monoisotopic (exact) mass is 355 g/mol. The molecule has 0 aromatic heterocycles. The lowest BCUT2D eigenvalue weighted by molar-refractivity contribution is -0.114. The molecule has 0 atom stereocenters. The third-order valence-corrected chi connectivity index (χ3v) is 3.97. The zero-order chi connectivity index (χ0) is 18.9. The first-order valence-electron chi connectivity index (χ1n) is 8.64. The van der Waals surface area contributed by atoms with Gasteiger partial charge in [-0.15, -0.1) is 0 Å². The maximum absolute atomic E-state index is 12.4. The summed E-state index contributed by atoms with van der Waals surface area (Å²) in [7, 11) is 1.58. The van der Waals surface area contributed by atoms with E-state index < -0.39 is 0 Å². The van der Waals surface area contributed by atoms with Crippen LogP contribution in [0, 0.1) is 0 Å². The summed E-state index contributed by atoms with van der Waals surface area (Å²) in [5.74, 6) is 0.483. The van der Waals surface area contributed by atoms with E-state index in [0.29, 0.717) is 30.1 Å². The second-order valence-corrected chi connectivity index (χ2v) is 5.69. The minimum absolute atomic E-state index is 0.0144. The van der Waals surface area contributed by atoms with Gasteiger partial charge in [0.15, 0.2) is 0 Å². The van der Waals surface area contributed by atoms with Crippen molar-refractivity contribution in [2.75, 3.05) is 37.4 Å². The number of hydrogen-bond donors (Lipinski definition) is 2. The normalized spacial score (nSPS) is 10.1. The molecule has 0 aliphatic heterocycles. The van der Waals surface area contributed by atoms with Crippen molar-refractivity contribution in [2.24, 2.45) is 0 Å². The van der Waals surface area contributed by atoms with Crippen LogP contribution >= 0.6 is 0 Å². The van der Waals surface area contributed by atoms with Gasteiger partial charge in [-0.05, 0) is 44.2 Å². The molecule has 0 spiro atoms. The van der Waals surface area contributed by atoms with E-state index in [-0.39, 0.29) is 18.4 Å². The second kappa shape index (κ2) is 9.46. The maximum atomic E-state index is 12.4. The summed E-state index contributed by atoms with van der Waals surface area (Å²) >= 11 is 0. The van der Waals surface area contributed by atoms with Gasteiger partial charge < -0.3 is 20.3 Å². The van der Waals surface area contributed by atoms with E-state index in [9.17, 15) is 9.59 Å². The Morgan fingerprint density at radius 3 is 2.38 bits per heavy atom. The van der Waals surface area contributed by atoms with Crippen LogP contribution in [0.3, 0.4) is 0 Å². The van der Waals surface area contributed by atoms with E-state index >= 15 is 0 Å². The molecule has 0 bridgehead atoms. The second-order valence-electron chi connectivity index (χ2n) is 5.69. The summed E-state index contributed by atoms with van der Waals surface area (Å²) in [6.07, 6.45) is 0. The largest absolute Gasteiger partial charge is 0.497 e. The number of anilines is 2. The molecule has 0 radical (unpaired) electrons. The third kappa shape index (κ3) is 5.24. The van der Waals surface area contributed by atoms with Crippen LogP contribution in [0.1, 0.15) is 24.2 Å². The van der Waals surface area contributed by atoms with E-state index in [1.54, 1.807) is 42.3 Å². The molecule has 6 nitrogen and oxygen atoms in total. The molecular formula is C20H25N3O3. The lowest BCUT2D eigenvalue weighted by atomic mass is 10.1. The predicted molar refractivity (Wildman–Crippen MR) is 104 cm³/mol. The van der Waals surface area contributed by atoms with Crippen LogP contribution < -0.4 is 15.4 Å². The number of rotatable bonds is 8. The molecule has 2 amide bonds. The zero-order valence-corrected chi connectivity index (χ0v) is 15.4. The molecule has 2 aromatic rings. The van der Waals surface area contributed by atoms with Gasteiger partial charge in [-0.3, -0.25) is 9.59 Å². The molecule has 138 valence electrons. The Morgan fingerprint density at radius 2 is 1.69 bits per heavy atom. The highest BCUT2D eigenvalue weighted by atomic mass is 16.5. The first kappa shape index (κ1) is 19.3. The van der Waals surface area contributed by atoms with Gasteiger partial charge in [-0.1, -0.05) is 12.1 Å². The number of ether oxygens (including phenoxy) is 1. The topological polar surface area (TPSA) is 70.7 Å². The van der Waals surface area contributed by atoms with Gasteiger partial charge in [0.2, 0.25) is 5.91 Å². The fraction of sp³-hybridized carbons (Fsp3) is 0.300. The summed E-state index contributed by atoms with van der Waals surface area (Å²) in [5, 5.41) is 5.85. The van der Waals surface area contributed by atoms with Crippen molar-refractivity contribution in [2.45, 2.75) is 13.8 Å². The van der Waals surface area contributed by atoms with Gasteiger partial charge in [-0.25, -0.2) is 0 Å². The van der Waals surface area contributed by atoms with E-state index in [0.717, 1.165) is 5.69 Å². The summed E-state index contributed by atoms with van der Waals surface area (Å²) < 4.78 is 5.14. The number of hydrogen-bond acceptors (Lipinski definition) is 4. The van der Waals surface area contributed by atoms with Crippen molar-refractivity contribution in [1.82, 2.24) is 4.90 Å². The van der Waals surface area contributed by atoms with Crippen LogP contribution in [0.25, 0.3) is 0 Å². The van der Waals surface area contributed by atoms with Crippen molar-refractivity contribution in [1.29, 1.82) is 0 Å². The molecule has 6 heteroatoms. The van der Waals surface area contributed by atoms with Gasteiger partial charge in [0.25, 0.3) is 5.91 Å². The summed E-state index contributed by atoms with van der Waals surface area (Å²) in [6.45, 7) is 5.32. The fourth-order valence-corrected chi connectivity index (χ4v) is 2.54. The highest BCUT2D eigenvalue weighted by Crippen LogP contribution is 2.17. The Labute approximate surface area is 154 Å². The highest BCUT2D eigenvalue weighted by molar-refractivity contribution is 5.96. The minimum Gasteiger partial charge on any atom is -0.497 e. The van der Waals surface area contributed by atoms with E-state index in [4.69, 9.17) is 4.74 Å². The molecule has 2 rings (SSSR count). The van der Waals surface area contributed by atoms with Crippen LogP contribution in [-0.4, -0.2) is 43.5 Å². The van der Waals surface area contributed by atoms with Crippen molar-refractivity contribution >= 4 is 23.2 Å². The number of carbonyl (C=O) groups excluding carboxylic acids is 2. The smallest absolute Gasteiger partial charge is 0.253 e. The van der Waals surface area contributed by atoms with Gasteiger partial charge >= 0.3 is 0 Å². The van der Waals surface area contributed by atoms with Crippen LogP contribution in [0.15, 0.2) is 48.5 Å². The van der Waals surface area contributed by atoms with Gasteiger partial charge in [-0.2, -0.15) is 0 Å². The lowest BCUT2D eigenvalue weighted by Crippen LogP contribution is -2.30. The van der Waals surface area contributed by atoms with Crippen LogP contribution in [0.5, 0.6) is 5.75 Å². The van der Waals surface area contributed by atoms with Crippen molar-refractivity contribution in [3.8, 4) is 5.75 Å². The Balaban J connectivity index is 1.95. The quantitative estimate of drug-likeness (QED) is 0.763. The average molecular weight is 355 g/mol. The molecule has 0 saturated carbocycles. The molecule has 0 aliphatic rings. The van der Waals surface area contributed by atoms with Gasteiger partial charge in [0.05, 0.1) is 13.7 Å². The van der Waals surface area contributed by atoms with Crippen LogP contribution in [-0.2, 0) is 4.79 Å². The number of amides is 2. The lowest BCUT2D eigenvalue weighted by Gasteiger charge is -2.19. The maximum Gasteiger partial charge on any atom is 0.253 e. The predicted octanol–water partition coefficient (Wildman–Crippen LogP) is 3.23. The van der Waals surface area contributed by atoms with Crippen molar-refractivity contribution in [3.05, 3.63) is 54.1 Å². The molecule has 0 unspecified atom stereocenters. The molecule has 0 fully saturated rings. The molecule has 2 aromatic carbocycles. The van der Waals surface area contributed by atoms with Crippen LogP contribution in [0.2, 0.25) is 0 Å².